The Morgan fingerprint density at radius 3 is 2.13 bits per heavy atom. The largest absolute Gasteiger partial charge is 0.310 e. The number of rotatable bonds is 6. The summed E-state index contributed by atoms with van der Waals surface area (Å²) in [6.07, 6.45) is 12.4. The third kappa shape index (κ3) is 5.41. The van der Waals surface area contributed by atoms with Gasteiger partial charge in [-0.2, -0.15) is 0 Å². The van der Waals surface area contributed by atoms with Crippen LogP contribution in [0.1, 0.15) is 106 Å². The molecule has 1 nitrogen and oxygen atoms in total. The molecule has 0 N–H and O–H groups in total. The lowest BCUT2D eigenvalue weighted by Gasteiger charge is -2.31. The quantitative estimate of drug-likeness (QED) is 0.166. The van der Waals surface area contributed by atoms with Crippen LogP contribution >= 0.6 is 0 Å². The van der Waals surface area contributed by atoms with E-state index in [-0.39, 0.29) is 5.41 Å². The molecular formula is C54H51N. The highest BCUT2D eigenvalue weighted by Crippen LogP contribution is 2.56. The highest BCUT2D eigenvalue weighted by Gasteiger charge is 2.41. The second-order valence-corrected chi connectivity index (χ2v) is 17.9. The van der Waals surface area contributed by atoms with Crippen LogP contribution in [0.25, 0.3) is 43.8 Å². The molecule has 7 aromatic rings. The van der Waals surface area contributed by atoms with Gasteiger partial charge in [-0.05, 0) is 153 Å². The molecule has 4 aliphatic carbocycles. The van der Waals surface area contributed by atoms with E-state index in [1.807, 2.05) is 0 Å². The maximum Gasteiger partial charge on any atom is 0.0540 e. The van der Waals surface area contributed by atoms with Crippen LogP contribution in [-0.2, 0) is 5.41 Å². The number of benzene rings is 7. The normalized spacial score (nSPS) is 21.2. The van der Waals surface area contributed by atoms with Crippen molar-refractivity contribution in [2.45, 2.75) is 88.9 Å². The van der Waals surface area contributed by atoms with Crippen LogP contribution < -0.4 is 4.90 Å². The van der Waals surface area contributed by atoms with Crippen LogP contribution in [0.4, 0.5) is 17.1 Å². The molecule has 7 aromatic carbocycles. The minimum Gasteiger partial charge on any atom is -0.310 e. The number of hydrogen-bond acceptors (Lipinski definition) is 1. The van der Waals surface area contributed by atoms with Gasteiger partial charge in [0.1, 0.15) is 0 Å². The van der Waals surface area contributed by atoms with Gasteiger partial charge in [0.15, 0.2) is 0 Å². The topological polar surface area (TPSA) is 3.24 Å². The van der Waals surface area contributed by atoms with Crippen LogP contribution in [0.3, 0.4) is 0 Å². The number of anilines is 3. The zero-order valence-corrected chi connectivity index (χ0v) is 32.4. The lowest BCUT2D eigenvalue weighted by atomic mass is 9.81. The van der Waals surface area contributed by atoms with Crippen LogP contribution in [0.2, 0.25) is 0 Å². The third-order valence-corrected chi connectivity index (χ3v) is 14.5. The molecule has 0 spiro atoms. The van der Waals surface area contributed by atoms with E-state index in [2.05, 4.69) is 158 Å². The minimum atomic E-state index is -0.141. The van der Waals surface area contributed by atoms with Gasteiger partial charge in [-0.15, -0.1) is 0 Å². The van der Waals surface area contributed by atoms with Gasteiger partial charge in [0, 0.05) is 22.2 Å². The van der Waals surface area contributed by atoms with E-state index in [0.717, 1.165) is 11.8 Å². The SMILES string of the molecule is CC1(C)c2cc(N(c3ccc(C4CCCCC4)cc3)c3ccc(C4CC5CCC4C5)c4ccccc34)ccc2-c2c(-c3ccc4ccccc4c3)cccc21. The summed E-state index contributed by atoms with van der Waals surface area (Å²) in [5.41, 5.74) is 14.8. The van der Waals surface area contributed by atoms with Crippen molar-refractivity contribution in [1.82, 2.24) is 0 Å². The summed E-state index contributed by atoms with van der Waals surface area (Å²) in [7, 11) is 0. The molecule has 1 heteroatoms. The first-order valence-corrected chi connectivity index (χ1v) is 21.2. The van der Waals surface area contributed by atoms with Gasteiger partial charge in [0.25, 0.3) is 0 Å². The van der Waals surface area contributed by atoms with E-state index >= 15 is 0 Å². The summed E-state index contributed by atoms with van der Waals surface area (Å²) in [6.45, 7) is 4.85. The van der Waals surface area contributed by atoms with Crippen molar-refractivity contribution in [2.75, 3.05) is 4.90 Å². The smallest absolute Gasteiger partial charge is 0.0540 e. The molecule has 2 bridgehead atoms. The summed E-state index contributed by atoms with van der Waals surface area (Å²) in [5.74, 6) is 3.15. The predicted molar refractivity (Wildman–Crippen MR) is 233 cm³/mol. The highest BCUT2D eigenvalue weighted by atomic mass is 15.1. The second kappa shape index (κ2) is 13.0. The zero-order chi connectivity index (χ0) is 36.7. The molecule has 0 saturated heterocycles. The van der Waals surface area contributed by atoms with Crippen molar-refractivity contribution in [1.29, 1.82) is 0 Å². The van der Waals surface area contributed by atoms with E-state index in [9.17, 15) is 0 Å². The first-order chi connectivity index (χ1) is 27.0. The molecule has 0 aliphatic heterocycles. The second-order valence-electron chi connectivity index (χ2n) is 17.9. The first kappa shape index (κ1) is 33.2. The van der Waals surface area contributed by atoms with Gasteiger partial charge in [-0.3, -0.25) is 0 Å². The molecule has 0 heterocycles. The van der Waals surface area contributed by atoms with Crippen molar-refractivity contribution in [2.24, 2.45) is 11.8 Å². The maximum absolute atomic E-state index is 2.57. The average molecular weight is 714 g/mol. The van der Waals surface area contributed by atoms with Crippen molar-refractivity contribution < 1.29 is 0 Å². The Hall–Kier alpha value is -5.14. The Labute approximate surface area is 327 Å². The molecular weight excluding hydrogens is 663 g/mol. The lowest BCUT2D eigenvalue weighted by Crippen LogP contribution is -2.17. The lowest BCUT2D eigenvalue weighted by molar-refractivity contribution is 0.422. The number of nitrogens with zero attached hydrogens (tertiary/aromatic N) is 1. The molecule has 3 fully saturated rings. The Morgan fingerprint density at radius 2 is 1.33 bits per heavy atom. The molecule has 55 heavy (non-hydrogen) atoms. The fourth-order valence-corrected chi connectivity index (χ4v) is 11.7. The molecule has 3 unspecified atom stereocenters. The van der Waals surface area contributed by atoms with Crippen LogP contribution in [0, 0.1) is 11.8 Å². The van der Waals surface area contributed by atoms with E-state index < -0.39 is 0 Å². The van der Waals surface area contributed by atoms with Crippen molar-refractivity contribution in [3.63, 3.8) is 0 Å². The Bertz CT molecular complexity index is 2580. The average Bonchev–Trinajstić information content (AvgIpc) is 3.94. The fraction of sp³-hybridized carbons (Fsp3) is 0.296. The minimum absolute atomic E-state index is 0.141. The van der Waals surface area contributed by atoms with Crippen LogP contribution in [0.15, 0.2) is 140 Å². The maximum atomic E-state index is 2.57. The van der Waals surface area contributed by atoms with Gasteiger partial charge < -0.3 is 4.90 Å². The van der Waals surface area contributed by atoms with Crippen LogP contribution in [-0.4, -0.2) is 0 Å². The monoisotopic (exact) mass is 713 g/mol. The molecule has 3 saturated carbocycles. The summed E-state index contributed by atoms with van der Waals surface area (Å²) in [4.78, 5) is 2.57. The van der Waals surface area contributed by atoms with Gasteiger partial charge >= 0.3 is 0 Å². The summed E-state index contributed by atoms with van der Waals surface area (Å²) >= 11 is 0. The molecule has 3 atom stereocenters. The van der Waals surface area contributed by atoms with Crippen molar-refractivity contribution in [3.8, 4) is 22.3 Å². The van der Waals surface area contributed by atoms with Gasteiger partial charge in [0.05, 0.1) is 5.69 Å². The first-order valence-electron chi connectivity index (χ1n) is 21.2. The van der Waals surface area contributed by atoms with Crippen LogP contribution in [0.5, 0.6) is 0 Å². The van der Waals surface area contributed by atoms with Gasteiger partial charge in [-0.1, -0.05) is 143 Å². The standard InChI is InChI=1S/C54H51N/c1-54(2)50-18-10-17-44(41-22-21-37-13-6-7-14-39(37)33-41)53(50)48-28-27-43(34-51(48)54)55(42-25-23-38(24-26-42)36-11-4-3-5-12-36)52-30-29-46(45-15-8-9-16-47(45)52)49-32-35-19-20-40(49)31-35/h6-10,13-18,21-30,33-36,40,49H,3-5,11-12,19-20,31-32H2,1-2H3. The number of fused-ring (bicyclic) bond motifs is 7. The molecule has 4 aliphatic rings. The van der Waals surface area contributed by atoms with E-state index in [1.54, 1.807) is 5.56 Å². The third-order valence-electron chi connectivity index (χ3n) is 14.5. The molecule has 0 aromatic heterocycles. The predicted octanol–water partition coefficient (Wildman–Crippen LogP) is 15.4. The van der Waals surface area contributed by atoms with E-state index in [1.165, 1.54) is 135 Å². The zero-order valence-electron chi connectivity index (χ0n) is 32.4. The number of hydrogen-bond donors (Lipinski definition) is 0. The van der Waals surface area contributed by atoms with E-state index in [0.29, 0.717) is 11.8 Å². The Morgan fingerprint density at radius 1 is 0.545 bits per heavy atom. The van der Waals surface area contributed by atoms with Crippen molar-refractivity contribution >= 4 is 38.6 Å². The molecule has 272 valence electrons. The van der Waals surface area contributed by atoms with E-state index in [4.69, 9.17) is 0 Å². The Balaban J connectivity index is 1.06. The summed E-state index contributed by atoms with van der Waals surface area (Å²) in [5, 5.41) is 5.37. The Kier molecular flexibility index (Phi) is 7.84. The highest BCUT2D eigenvalue weighted by molar-refractivity contribution is 6.02. The molecule has 11 rings (SSSR count). The summed E-state index contributed by atoms with van der Waals surface area (Å²) < 4.78 is 0. The molecule has 0 radical (unpaired) electrons. The fourth-order valence-electron chi connectivity index (χ4n) is 11.7. The molecule has 0 amide bonds. The summed E-state index contributed by atoms with van der Waals surface area (Å²) in [6, 6.07) is 53.9. The van der Waals surface area contributed by atoms with Gasteiger partial charge in [0.2, 0.25) is 0 Å². The van der Waals surface area contributed by atoms with Crippen molar-refractivity contribution in [3.05, 3.63) is 162 Å². The van der Waals surface area contributed by atoms with Gasteiger partial charge in [-0.25, -0.2) is 0 Å².